The molecule has 0 saturated heterocycles. The fraction of sp³-hybridized carbons (Fsp3) is 0.500. The zero-order chi connectivity index (χ0) is 13.5. The molecule has 1 aromatic carbocycles. The van der Waals surface area contributed by atoms with Gasteiger partial charge in [-0.3, -0.25) is 4.99 Å². The van der Waals surface area contributed by atoms with Crippen molar-refractivity contribution in [2.45, 2.75) is 45.8 Å². The van der Waals surface area contributed by atoms with Gasteiger partial charge in [-0.05, 0) is 51.3 Å². The number of hydrogen-bond donors (Lipinski definition) is 2. The zero-order valence-corrected chi connectivity index (χ0v) is 11.4. The number of aryl methyl sites for hydroxylation is 1. The van der Waals surface area contributed by atoms with E-state index < -0.39 is 0 Å². The van der Waals surface area contributed by atoms with Gasteiger partial charge >= 0.3 is 0 Å². The van der Waals surface area contributed by atoms with Crippen molar-refractivity contribution in [3.8, 4) is 5.75 Å². The Labute approximate surface area is 109 Å². The van der Waals surface area contributed by atoms with Crippen LogP contribution in [0.4, 0.5) is 0 Å². The largest absolute Gasteiger partial charge is 0.491 e. The summed E-state index contributed by atoms with van der Waals surface area (Å²) in [5.74, 6) is 1.06. The van der Waals surface area contributed by atoms with E-state index >= 15 is 0 Å². The molecule has 0 aliphatic heterocycles. The second kappa shape index (κ2) is 6.89. The molecule has 0 aliphatic rings. The summed E-state index contributed by atoms with van der Waals surface area (Å²) in [6, 6.07) is 8.32. The third-order valence-electron chi connectivity index (χ3n) is 2.52. The van der Waals surface area contributed by atoms with Crippen LogP contribution in [0.3, 0.4) is 0 Å². The van der Waals surface area contributed by atoms with Crippen molar-refractivity contribution >= 4 is 5.96 Å². The lowest BCUT2D eigenvalue weighted by molar-refractivity contribution is 0.242. The van der Waals surface area contributed by atoms with Crippen LogP contribution in [0, 0.1) is 0 Å². The Kier molecular flexibility index (Phi) is 5.49. The Morgan fingerprint density at radius 2 is 1.78 bits per heavy atom. The molecule has 1 unspecified atom stereocenters. The van der Waals surface area contributed by atoms with Crippen LogP contribution in [0.5, 0.6) is 5.75 Å². The quantitative estimate of drug-likeness (QED) is 0.598. The van der Waals surface area contributed by atoms with Gasteiger partial charge in [0.25, 0.3) is 0 Å². The summed E-state index contributed by atoms with van der Waals surface area (Å²) in [4.78, 5) is 4.10. The van der Waals surface area contributed by atoms with E-state index in [0.29, 0.717) is 0 Å². The van der Waals surface area contributed by atoms with Crippen LogP contribution < -0.4 is 16.2 Å². The first-order chi connectivity index (χ1) is 8.47. The Morgan fingerprint density at radius 3 is 2.28 bits per heavy atom. The van der Waals surface area contributed by atoms with Gasteiger partial charge < -0.3 is 16.2 Å². The van der Waals surface area contributed by atoms with Gasteiger partial charge in [-0.2, -0.15) is 0 Å². The van der Waals surface area contributed by atoms with Crippen molar-refractivity contribution in [1.29, 1.82) is 0 Å². The minimum atomic E-state index is 0.154. The van der Waals surface area contributed by atoms with Crippen LogP contribution in [0.1, 0.15) is 32.8 Å². The number of benzene rings is 1. The average molecular weight is 249 g/mol. The molecule has 4 heteroatoms. The molecule has 1 atom stereocenters. The van der Waals surface area contributed by atoms with Crippen LogP contribution in [-0.2, 0) is 6.42 Å². The molecule has 0 aliphatic carbocycles. The molecule has 4 nitrogen and oxygen atoms in total. The summed E-state index contributed by atoms with van der Waals surface area (Å²) in [6.45, 7) is 6.05. The van der Waals surface area contributed by atoms with E-state index in [9.17, 15) is 0 Å². The number of aliphatic imine (C=N–C) groups is 1. The molecule has 1 rings (SSSR count). The molecule has 0 heterocycles. The lowest BCUT2D eigenvalue weighted by Gasteiger charge is -2.10. The maximum Gasteiger partial charge on any atom is 0.186 e. The van der Waals surface area contributed by atoms with E-state index in [1.165, 1.54) is 5.56 Å². The number of guanidine groups is 1. The Balaban J connectivity index is 2.46. The summed E-state index contributed by atoms with van der Waals surface area (Å²) < 4.78 is 5.59. The molecule has 0 aromatic heterocycles. The van der Waals surface area contributed by atoms with Crippen LogP contribution in [0.2, 0.25) is 0 Å². The van der Waals surface area contributed by atoms with Gasteiger partial charge in [-0.1, -0.05) is 12.1 Å². The summed E-state index contributed by atoms with van der Waals surface area (Å²) in [7, 11) is 0. The first-order valence-electron chi connectivity index (χ1n) is 6.31. The fourth-order valence-electron chi connectivity index (χ4n) is 1.70. The van der Waals surface area contributed by atoms with Gasteiger partial charge in [-0.25, -0.2) is 0 Å². The minimum Gasteiger partial charge on any atom is -0.491 e. The van der Waals surface area contributed by atoms with E-state index in [1.54, 1.807) is 0 Å². The molecule has 18 heavy (non-hydrogen) atoms. The first-order valence-corrected chi connectivity index (χ1v) is 6.31. The van der Waals surface area contributed by atoms with Gasteiger partial charge in [-0.15, -0.1) is 0 Å². The van der Waals surface area contributed by atoms with Crippen LogP contribution in [0.25, 0.3) is 0 Å². The van der Waals surface area contributed by atoms with Crippen molar-refractivity contribution in [1.82, 2.24) is 0 Å². The van der Waals surface area contributed by atoms with E-state index in [-0.39, 0.29) is 18.1 Å². The van der Waals surface area contributed by atoms with Crippen molar-refractivity contribution in [2.24, 2.45) is 16.5 Å². The summed E-state index contributed by atoms with van der Waals surface area (Å²) in [5, 5.41) is 0. The maximum atomic E-state index is 5.59. The highest BCUT2D eigenvalue weighted by Gasteiger charge is 2.02. The second-order valence-corrected chi connectivity index (χ2v) is 4.75. The van der Waals surface area contributed by atoms with Crippen molar-refractivity contribution in [3.05, 3.63) is 29.8 Å². The number of hydrogen-bond acceptors (Lipinski definition) is 2. The highest BCUT2D eigenvalue weighted by atomic mass is 16.5. The molecule has 0 spiro atoms. The van der Waals surface area contributed by atoms with Crippen molar-refractivity contribution < 1.29 is 4.74 Å². The lowest BCUT2D eigenvalue weighted by Crippen LogP contribution is -2.24. The molecule has 0 amide bonds. The topological polar surface area (TPSA) is 73.6 Å². The number of ether oxygens (including phenoxy) is 1. The van der Waals surface area contributed by atoms with E-state index in [4.69, 9.17) is 16.2 Å². The predicted molar refractivity (Wildman–Crippen MR) is 75.8 cm³/mol. The van der Waals surface area contributed by atoms with Gasteiger partial charge in [0, 0.05) is 0 Å². The van der Waals surface area contributed by atoms with Crippen molar-refractivity contribution in [3.63, 3.8) is 0 Å². The van der Waals surface area contributed by atoms with Crippen LogP contribution >= 0.6 is 0 Å². The monoisotopic (exact) mass is 249 g/mol. The van der Waals surface area contributed by atoms with E-state index in [2.05, 4.69) is 17.1 Å². The summed E-state index contributed by atoms with van der Waals surface area (Å²) >= 11 is 0. The molecule has 0 bridgehead atoms. The van der Waals surface area contributed by atoms with Crippen LogP contribution in [-0.4, -0.2) is 18.1 Å². The highest BCUT2D eigenvalue weighted by Crippen LogP contribution is 2.15. The first kappa shape index (κ1) is 14.4. The van der Waals surface area contributed by atoms with E-state index in [0.717, 1.165) is 18.6 Å². The van der Waals surface area contributed by atoms with Crippen LogP contribution in [0.15, 0.2) is 29.3 Å². The van der Waals surface area contributed by atoms with Crippen molar-refractivity contribution in [2.75, 3.05) is 0 Å². The van der Waals surface area contributed by atoms with Gasteiger partial charge in [0.05, 0.1) is 12.1 Å². The molecule has 0 radical (unpaired) electrons. The molecule has 1 aromatic rings. The van der Waals surface area contributed by atoms with Gasteiger partial charge in [0.1, 0.15) is 5.75 Å². The second-order valence-electron chi connectivity index (χ2n) is 4.75. The SMILES string of the molecule is CC(CCc1ccc(OC(C)C)cc1)N=C(N)N. The fourth-order valence-corrected chi connectivity index (χ4v) is 1.70. The Hall–Kier alpha value is -1.71. The molecule has 4 N–H and O–H groups in total. The summed E-state index contributed by atoms with van der Waals surface area (Å²) in [5.41, 5.74) is 11.9. The third-order valence-corrected chi connectivity index (χ3v) is 2.52. The third kappa shape index (κ3) is 5.57. The molecule has 0 saturated carbocycles. The number of rotatable bonds is 6. The average Bonchev–Trinajstić information content (AvgIpc) is 2.26. The van der Waals surface area contributed by atoms with Gasteiger partial charge in [0.15, 0.2) is 5.96 Å². The standard InChI is InChI=1S/C14H23N3O/c1-10(2)18-13-8-6-12(7-9-13)5-4-11(3)17-14(15)16/h6-11H,4-5H2,1-3H3,(H4,15,16,17). The van der Waals surface area contributed by atoms with Gasteiger partial charge in [0.2, 0.25) is 0 Å². The zero-order valence-electron chi connectivity index (χ0n) is 11.4. The number of nitrogens with zero attached hydrogens (tertiary/aromatic N) is 1. The maximum absolute atomic E-state index is 5.59. The molecular weight excluding hydrogens is 226 g/mol. The predicted octanol–water partition coefficient (Wildman–Crippen LogP) is 2.07. The summed E-state index contributed by atoms with van der Waals surface area (Å²) in [6.07, 6.45) is 2.10. The molecule has 0 fully saturated rings. The van der Waals surface area contributed by atoms with E-state index in [1.807, 2.05) is 32.9 Å². The molecular formula is C14H23N3O. The number of nitrogens with two attached hydrogens (primary N) is 2. The lowest BCUT2D eigenvalue weighted by atomic mass is 10.1. The Morgan fingerprint density at radius 1 is 1.17 bits per heavy atom. The Bertz CT molecular complexity index is 381. The highest BCUT2D eigenvalue weighted by molar-refractivity contribution is 5.75. The normalized spacial score (nSPS) is 12.2. The minimum absolute atomic E-state index is 0.154. The molecule has 100 valence electrons. The smallest absolute Gasteiger partial charge is 0.186 e.